The number of hydrogen-bond donors (Lipinski definition) is 1. The Labute approximate surface area is 144 Å². The molecule has 25 heavy (non-hydrogen) atoms. The van der Waals surface area contributed by atoms with E-state index in [9.17, 15) is 9.59 Å². The number of amides is 1. The van der Waals surface area contributed by atoms with Crippen molar-refractivity contribution >= 4 is 16.8 Å². The van der Waals surface area contributed by atoms with Crippen molar-refractivity contribution in [3.63, 3.8) is 0 Å². The highest BCUT2D eigenvalue weighted by atomic mass is 16.3. The lowest BCUT2D eigenvalue weighted by Crippen LogP contribution is -2.37. The Morgan fingerprint density at radius 3 is 2.80 bits per heavy atom. The minimum absolute atomic E-state index is 0.0744. The minimum atomic E-state index is -0.252. The van der Waals surface area contributed by atoms with Crippen LogP contribution < -0.4 is 10.9 Å². The third-order valence-corrected chi connectivity index (χ3v) is 4.03. The van der Waals surface area contributed by atoms with Gasteiger partial charge in [-0.3, -0.25) is 19.1 Å². The molecule has 0 aliphatic rings. The summed E-state index contributed by atoms with van der Waals surface area (Å²) in [7, 11) is 3.83. The summed E-state index contributed by atoms with van der Waals surface area (Å²) in [5.41, 5.74) is 0.394. The maximum absolute atomic E-state index is 12.4. The first-order chi connectivity index (χ1) is 12.1. The number of furan rings is 1. The van der Waals surface area contributed by atoms with Crippen LogP contribution in [0.5, 0.6) is 0 Å². The van der Waals surface area contributed by atoms with Gasteiger partial charge in [-0.2, -0.15) is 0 Å². The molecule has 2 aromatic heterocycles. The molecule has 0 aliphatic carbocycles. The van der Waals surface area contributed by atoms with Gasteiger partial charge in [-0.1, -0.05) is 12.1 Å². The Balaban J connectivity index is 1.68. The molecule has 3 aromatic rings. The Bertz CT molecular complexity index is 915. The molecular weight excluding hydrogens is 320 g/mol. The molecule has 7 heteroatoms. The Morgan fingerprint density at radius 2 is 2.08 bits per heavy atom. The van der Waals surface area contributed by atoms with E-state index in [1.807, 2.05) is 37.2 Å². The summed E-state index contributed by atoms with van der Waals surface area (Å²) < 4.78 is 6.73. The van der Waals surface area contributed by atoms with Crippen LogP contribution >= 0.6 is 0 Å². The van der Waals surface area contributed by atoms with Crippen LogP contribution in [-0.4, -0.2) is 41.0 Å². The summed E-state index contributed by atoms with van der Waals surface area (Å²) in [6.07, 6.45) is 3.01. The van der Waals surface area contributed by atoms with Crippen LogP contribution in [0.3, 0.4) is 0 Å². The average Bonchev–Trinajstić information content (AvgIpc) is 3.12. The van der Waals surface area contributed by atoms with Crippen molar-refractivity contribution < 1.29 is 9.21 Å². The number of fused-ring (bicyclic) bond motifs is 1. The van der Waals surface area contributed by atoms with E-state index in [0.29, 0.717) is 17.4 Å². The van der Waals surface area contributed by atoms with Gasteiger partial charge in [-0.05, 0) is 38.4 Å². The van der Waals surface area contributed by atoms with Crippen LogP contribution in [0.4, 0.5) is 0 Å². The van der Waals surface area contributed by atoms with Gasteiger partial charge >= 0.3 is 0 Å². The molecule has 0 saturated heterocycles. The number of nitrogens with one attached hydrogen (secondary N) is 1. The van der Waals surface area contributed by atoms with E-state index >= 15 is 0 Å². The molecular formula is C18H20N4O3. The zero-order chi connectivity index (χ0) is 17.8. The van der Waals surface area contributed by atoms with E-state index in [2.05, 4.69) is 10.3 Å². The molecule has 3 rings (SSSR count). The van der Waals surface area contributed by atoms with Crippen molar-refractivity contribution in [3.05, 3.63) is 65.1 Å². The number of nitrogens with zero attached hydrogens (tertiary/aromatic N) is 3. The second kappa shape index (κ2) is 7.31. The number of carbonyl (C=O) groups is 1. The SMILES string of the molecule is CN(C)[C@@H](CNC(=O)Cn1cnc2ccccc2c1=O)c1ccco1. The van der Waals surface area contributed by atoms with Gasteiger partial charge in [0.05, 0.1) is 29.5 Å². The van der Waals surface area contributed by atoms with Gasteiger partial charge in [-0.25, -0.2) is 4.98 Å². The zero-order valence-electron chi connectivity index (χ0n) is 14.2. The lowest BCUT2D eigenvalue weighted by atomic mass is 10.2. The van der Waals surface area contributed by atoms with E-state index in [1.165, 1.54) is 10.9 Å². The first kappa shape index (κ1) is 16.9. The highest BCUT2D eigenvalue weighted by Gasteiger charge is 2.18. The molecule has 1 N–H and O–H groups in total. The summed E-state index contributed by atoms with van der Waals surface area (Å²) in [5.74, 6) is 0.521. The number of benzene rings is 1. The molecule has 1 amide bonds. The van der Waals surface area contributed by atoms with Crippen LogP contribution in [0, 0.1) is 0 Å². The number of aromatic nitrogens is 2. The van der Waals surface area contributed by atoms with Crippen molar-refractivity contribution in [2.45, 2.75) is 12.6 Å². The lowest BCUT2D eigenvalue weighted by molar-refractivity contribution is -0.122. The van der Waals surface area contributed by atoms with Crippen LogP contribution in [0.15, 0.2) is 58.2 Å². The van der Waals surface area contributed by atoms with Crippen molar-refractivity contribution in [3.8, 4) is 0 Å². The summed E-state index contributed by atoms with van der Waals surface area (Å²) in [6.45, 7) is 0.310. The monoisotopic (exact) mass is 340 g/mol. The predicted molar refractivity (Wildman–Crippen MR) is 94.1 cm³/mol. The fourth-order valence-corrected chi connectivity index (χ4v) is 2.66. The molecule has 0 bridgehead atoms. The largest absolute Gasteiger partial charge is 0.468 e. The van der Waals surface area contributed by atoms with Gasteiger partial charge in [0.1, 0.15) is 12.3 Å². The van der Waals surface area contributed by atoms with E-state index in [0.717, 1.165) is 5.76 Å². The van der Waals surface area contributed by atoms with E-state index in [1.54, 1.807) is 24.5 Å². The van der Waals surface area contributed by atoms with Crippen molar-refractivity contribution in [2.75, 3.05) is 20.6 Å². The fraction of sp³-hybridized carbons (Fsp3) is 0.278. The molecule has 1 atom stereocenters. The molecule has 0 spiro atoms. The van der Waals surface area contributed by atoms with E-state index in [4.69, 9.17) is 4.42 Å². The van der Waals surface area contributed by atoms with E-state index < -0.39 is 0 Å². The Kier molecular flexibility index (Phi) is 4.95. The standard InChI is InChI=1S/C18H20N4O3/c1-21(2)15(16-8-5-9-25-16)10-19-17(23)11-22-12-20-14-7-4-3-6-13(14)18(22)24/h3-9,12,15H,10-11H2,1-2H3,(H,19,23)/t15-/m0/s1. The third kappa shape index (κ3) is 3.77. The maximum Gasteiger partial charge on any atom is 0.261 e. The maximum atomic E-state index is 12.4. The normalized spacial score (nSPS) is 12.4. The number of hydrogen-bond acceptors (Lipinski definition) is 5. The predicted octanol–water partition coefficient (Wildman–Crippen LogP) is 1.41. The molecule has 1 aromatic carbocycles. The van der Waals surface area contributed by atoms with Gasteiger partial charge in [0.25, 0.3) is 5.56 Å². The van der Waals surface area contributed by atoms with Gasteiger partial charge in [0.15, 0.2) is 0 Å². The molecule has 0 fully saturated rings. The summed E-state index contributed by atoms with van der Waals surface area (Å²) in [4.78, 5) is 30.8. The molecule has 0 saturated carbocycles. The van der Waals surface area contributed by atoms with Crippen LogP contribution in [0.2, 0.25) is 0 Å². The summed E-state index contributed by atoms with van der Waals surface area (Å²) in [5, 5.41) is 3.35. The molecule has 0 unspecified atom stereocenters. The molecule has 0 aliphatic heterocycles. The van der Waals surface area contributed by atoms with E-state index in [-0.39, 0.29) is 24.1 Å². The molecule has 7 nitrogen and oxygen atoms in total. The highest BCUT2D eigenvalue weighted by Crippen LogP contribution is 2.17. The van der Waals surface area contributed by atoms with Gasteiger partial charge < -0.3 is 9.73 Å². The van der Waals surface area contributed by atoms with Crippen LogP contribution in [0.1, 0.15) is 11.8 Å². The molecule has 2 heterocycles. The number of likely N-dealkylation sites (N-methyl/N-ethyl adjacent to an activating group) is 1. The smallest absolute Gasteiger partial charge is 0.261 e. The first-order valence-electron chi connectivity index (χ1n) is 7.97. The summed E-state index contributed by atoms with van der Waals surface area (Å²) >= 11 is 0. The highest BCUT2D eigenvalue weighted by molar-refractivity contribution is 5.78. The van der Waals surface area contributed by atoms with Gasteiger partial charge in [-0.15, -0.1) is 0 Å². The second-order valence-corrected chi connectivity index (χ2v) is 5.99. The Hall–Kier alpha value is -2.93. The van der Waals surface area contributed by atoms with Crippen LogP contribution in [-0.2, 0) is 11.3 Å². The third-order valence-electron chi connectivity index (χ3n) is 4.03. The minimum Gasteiger partial charge on any atom is -0.468 e. The fourth-order valence-electron chi connectivity index (χ4n) is 2.66. The van der Waals surface area contributed by atoms with Crippen molar-refractivity contribution in [2.24, 2.45) is 0 Å². The topological polar surface area (TPSA) is 80.4 Å². The number of para-hydroxylation sites is 1. The Morgan fingerprint density at radius 1 is 1.28 bits per heavy atom. The second-order valence-electron chi connectivity index (χ2n) is 5.99. The molecule has 130 valence electrons. The van der Waals surface area contributed by atoms with Gasteiger partial charge in [0.2, 0.25) is 5.91 Å². The van der Waals surface area contributed by atoms with Gasteiger partial charge in [0, 0.05) is 6.54 Å². The first-order valence-corrected chi connectivity index (χ1v) is 7.97. The van der Waals surface area contributed by atoms with Crippen molar-refractivity contribution in [1.29, 1.82) is 0 Å². The molecule has 0 radical (unpaired) electrons. The number of carbonyl (C=O) groups excluding carboxylic acids is 1. The average molecular weight is 340 g/mol. The van der Waals surface area contributed by atoms with Crippen molar-refractivity contribution in [1.82, 2.24) is 19.8 Å². The number of rotatable bonds is 6. The summed E-state index contributed by atoms with van der Waals surface area (Å²) in [6, 6.07) is 10.7. The lowest BCUT2D eigenvalue weighted by Gasteiger charge is -2.22. The zero-order valence-corrected chi connectivity index (χ0v) is 14.2. The quantitative estimate of drug-likeness (QED) is 0.734. The van der Waals surface area contributed by atoms with Crippen LogP contribution in [0.25, 0.3) is 10.9 Å².